The Kier molecular flexibility index (Phi) is 5.21. The van der Waals surface area contributed by atoms with E-state index in [4.69, 9.17) is 0 Å². The van der Waals surface area contributed by atoms with Gasteiger partial charge in [-0.2, -0.15) is 0 Å². The molecule has 0 radical (unpaired) electrons. The molecule has 0 amide bonds. The smallest absolute Gasteiger partial charge is 0.263 e. The molecule has 0 atom stereocenters. The fourth-order valence-electron chi connectivity index (χ4n) is 7.09. The fourth-order valence-corrected chi connectivity index (χ4v) is 7.09. The summed E-state index contributed by atoms with van der Waals surface area (Å²) in [6.45, 7) is 0. The van der Waals surface area contributed by atoms with Gasteiger partial charge in [0, 0.05) is 16.5 Å². The molecule has 9 rings (SSSR count). The summed E-state index contributed by atoms with van der Waals surface area (Å²) in [6.07, 6.45) is 6.51. The quantitative estimate of drug-likeness (QED) is 0.155. The summed E-state index contributed by atoms with van der Waals surface area (Å²) in [6, 6.07) is 45.3. The van der Waals surface area contributed by atoms with Crippen molar-refractivity contribution in [3.05, 3.63) is 155 Å². The van der Waals surface area contributed by atoms with Crippen LogP contribution in [-0.4, -0.2) is 4.57 Å². The lowest BCUT2D eigenvalue weighted by atomic mass is 9.92. The van der Waals surface area contributed by atoms with Crippen LogP contribution in [0.5, 0.6) is 0 Å². The van der Waals surface area contributed by atoms with Gasteiger partial charge < -0.3 is 0 Å². The zero-order chi connectivity index (χ0) is 28.5. The minimum absolute atomic E-state index is 0.0134. The minimum Gasteiger partial charge on any atom is -0.276 e. The molecule has 2 heteroatoms. The Bertz CT molecular complexity index is 2530. The number of allylic oxidation sites excluding steroid dienone is 1. The molecule has 2 nitrogen and oxygen atoms in total. The van der Waals surface area contributed by atoms with Crippen molar-refractivity contribution in [2.45, 2.75) is 12.8 Å². The summed E-state index contributed by atoms with van der Waals surface area (Å²) < 4.78 is 1.89. The Morgan fingerprint density at radius 1 is 0.535 bits per heavy atom. The molecule has 202 valence electrons. The SMILES string of the molecule is O=c1c2ccccc2c2cc(-c3cccc4c3ccc3cc5ccccc5cc34)ccc2n1-c1ccc2c(c1)C=CCC2. The molecule has 1 aliphatic rings. The van der Waals surface area contributed by atoms with E-state index in [1.807, 2.05) is 22.8 Å². The zero-order valence-electron chi connectivity index (χ0n) is 23.5. The Labute approximate surface area is 248 Å². The molecule has 0 N–H and O–H groups in total. The molecule has 0 fully saturated rings. The number of aromatic nitrogens is 1. The zero-order valence-corrected chi connectivity index (χ0v) is 23.5. The third-order valence-electron chi connectivity index (χ3n) is 9.21. The van der Waals surface area contributed by atoms with Crippen LogP contribution in [0.1, 0.15) is 17.5 Å². The molecule has 0 saturated heterocycles. The maximum atomic E-state index is 14.0. The summed E-state index contributed by atoms with van der Waals surface area (Å²) in [7, 11) is 0. The van der Waals surface area contributed by atoms with Crippen LogP contribution < -0.4 is 5.56 Å². The first kappa shape index (κ1) is 24.2. The van der Waals surface area contributed by atoms with E-state index < -0.39 is 0 Å². The van der Waals surface area contributed by atoms with Crippen LogP contribution in [0.15, 0.2) is 138 Å². The number of hydrogen-bond acceptors (Lipinski definition) is 1. The van der Waals surface area contributed by atoms with E-state index in [0.717, 1.165) is 45.8 Å². The van der Waals surface area contributed by atoms with Gasteiger partial charge in [0.2, 0.25) is 0 Å². The van der Waals surface area contributed by atoms with Crippen molar-refractivity contribution < 1.29 is 0 Å². The highest BCUT2D eigenvalue weighted by molar-refractivity contribution is 6.16. The highest BCUT2D eigenvalue weighted by atomic mass is 16.1. The van der Waals surface area contributed by atoms with Crippen molar-refractivity contribution in [1.29, 1.82) is 0 Å². The molecule has 7 aromatic carbocycles. The first-order valence-corrected chi connectivity index (χ1v) is 14.9. The van der Waals surface area contributed by atoms with Gasteiger partial charge in [-0.3, -0.25) is 9.36 Å². The summed E-state index contributed by atoms with van der Waals surface area (Å²) in [5.74, 6) is 0. The summed E-state index contributed by atoms with van der Waals surface area (Å²) in [4.78, 5) is 14.0. The molecule has 8 aromatic rings. The largest absolute Gasteiger partial charge is 0.276 e. The molecule has 0 aliphatic heterocycles. The highest BCUT2D eigenvalue weighted by Gasteiger charge is 2.16. The average molecular weight is 550 g/mol. The van der Waals surface area contributed by atoms with Gasteiger partial charge in [-0.15, -0.1) is 0 Å². The normalized spacial score (nSPS) is 12.9. The lowest BCUT2D eigenvalue weighted by molar-refractivity contribution is 0.977. The van der Waals surface area contributed by atoms with Crippen molar-refractivity contribution in [2.75, 3.05) is 0 Å². The van der Waals surface area contributed by atoms with Gasteiger partial charge in [0.25, 0.3) is 5.56 Å². The van der Waals surface area contributed by atoms with Gasteiger partial charge in [-0.25, -0.2) is 0 Å². The molecular formula is C41H27NO. The Balaban J connectivity index is 1.30. The predicted molar refractivity (Wildman–Crippen MR) is 182 cm³/mol. The number of nitrogens with zero attached hydrogens (tertiary/aromatic N) is 1. The number of aryl methyl sites for hydroxylation is 1. The maximum Gasteiger partial charge on any atom is 0.263 e. The molecule has 1 aliphatic carbocycles. The first-order valence-electron chi connectivity index (χ1n) is 14.9. The number of pyridine rings is 1. The van der Waals surface area contributed by atoms with E-state index in [2.05, 4.69) is 121 Å². The van der Waals surface area contributed by atoms with Crippen molar-refractivity contribution in [3.63, 3.8) is 0 Å². The standard InChI is InChI=1S/C41H27NO/c43-41-37-13-6-5-12-35(37)39-25-31(18-21-40(39)42(41)32-19-16-26-8-1-2-10-28(26)23-32)33-14-7-15-34-36(33)20-17-30-22-27-9-3-4-11-29(27)24-38(30)34/h2-7,9-25H,1,8H2. The van der Waals surface area contributed by atoms with Crippen LogP contribution in [0.4, 0.5) is 0 Å². The lowest BCUT2D eigenvalue weighted by Crippen LogP contribution is -2.19. The summed E-state index contributed by atoms with van der Waals surface area (Å²) in [5, 5.41) is 10.3. The average Bonchev–Trinajstić information content (AvgIpc) is 3.07. The Hall–Kier alpha value is -5.47. The van der Waals surface area contributed by atoms with Crippen LogP contribution in [0.2, 0.25) is 0 Å². The Morgan fingerprint density at radius 2 is 1.33 bits per heavy atom. The molecule has 43 heavy (non-hydrogen) atoms. The number of hydrogen-bond donors (Lipinski definition) is 0. The fraction of sp³-hybridized carbons (Fsp3) is 0.0488. The number of benzene rings is 7. The number of fused-ring (bicyclic) bond motifs is 8. The molecular weight excluding hydrogens is 522 g/mol. The van der Waals surface area contributed by atoms with Gasteiger partial charge in [0.05, 0.1) is 5.52 Å². The maximum absolute atomic E-state index is 14.0. The number of rotatable bonds is 2. The lowest BCUT2D eigenvalue weighted by Gasteiger charge is -2.17. The van der Waals surface area contributed by atoms with E-state index in [1.165, 1.54) is 49.0 Å². The third-order valence-corrected chi connectivity index (χ3v) is 9.21. The first-order chi connectivity index (χ1) is 21.2. The molecule has 1 heterocycles. The second-order valence-electron chi connectivity index (χ2n) is 11.6. The molecule has 1 aromatic heterocycles. The monoisotopic (exact) mass is 549 g/mol. The van der Waals surface area contributed by atoms with Crippen molar-refractivity contribution in [2.24, 2.45) is 0 Å². The van der Waals surface area contributed by atoms with Crippen LogP contribution in [0.25, 0.3) is 76.9 Å². The second kappa shape index (κ2) is 9.27. The molecule has 0 spiro atoms. The Morgan fingerprint density at radius 3 is 2.23 bits per heavy atom. The van der Waals surface area contributed by atoms with Crippen molar-refractivity contribution in [1.82, 2.24) is 4.57 Å². The van der Waals surface area contributed by atoms with Crippen LogP contribution >= 0.6 is 0 Å². The van der Waals surface area contributed by atoms with Gasteiger partial charge in [0.1, 0.15) is 0 Å². The topological polar surface area (TPSA) is 22.0 Å². The molecule has 0 bridgehead atoms. The van der Waals surface area contributed by atoms with E-state index >= 15 is 0 Å². The summed E-state index contributed by atoms with van der Waals surface area (Å²) in [5.41, 5.74) is 6.70. The van der Waals surface area contributed by atoms with Crippen LogP contribution in [0.3, 0.4) is 0 Å². The van der Waals surface area contributed by atoms with E-state index in [-0.39, 0.29) is 5.56 Å². The predicted octanol–water partition coefficient (Wildman–Crippen LogP) is 10.2. The van der Waals surface area contributed by atoms with Gasteiger partial charge in [-0.1, -0.05) is 97.1 Å². The molecule has 0 saturated carbocycles. The van der Waals surface area contributed by atoms with Crippen molar-refractivity contribution in [3.8, 4) is 16.8 Å². The second-order valence-corrected chi connectivity index (χ2v) is 11.6. The van der Waals surface area contributed by atoms with Crippen LogP contribution in [0, 0.1) is 0 Å². The van der Waals surface area contributed by atoms with Crippen molar-refractivity contribution >= 4 is 60.1 Å². The highest BCUT2D eigenvalue weighted by Crippen LogP contribution is 2.37. The van der Waals surface area contributed by atoms with E-state index in [9.17, 15) is 4.79 Å². The van der Waals surface area contributed by atoms with Crippen LogP contribution in [-0.2, 0) is 6.42 Å². The van der Waals surface area contributed by atoms with E-state index in [1.54, 1.807) is 0 Å². The molecule has 0 unspecified atom stereocenters. The third kappa shape index (κ3) is 3.70. The van der Waals surface area contributed by atoms with Gasteiger partial charge in [0.15, 0.2) is 0 Å². The van der Waals surface area contributed by atoms with E-state index in [0.29, 0.717) is 0 Å². The van der Waals surface area contributed by atoms with Gasteiger partial charge in [-0.05, 0) is 115 Å². The minimum atomic E-state index is 0.0134. The summed E-state index contributed by atoms with van der Waals surface area (Å²) >= 11 is 0. The van der Waals surface area contributed by atoms with Gasteiger partial charge >= 0.3 is 0 Å².